The Bertz CT molecular complexity index is 866. The molecular formula is C18H19N7O. The molecule has 8 heteroatoms. The van der Waals surface area contributed by atoms with Crippen molar-refractivity contribution in [2.45, 2.75) is 26.1 Å². The Morgan fingerprint density at radius 2 is 2.04 bits per heavy atom. The van der Waals surface area contributed by atoms with Crippen LogP contribution in [0.25, 0.3) is 11.4 Å². The Labute approximate surface area is 150 Å². The first-order valence-electron chi connectivity index (χ1n) is 8.56. The molecule has 4 rings (SSSR count). The van der Waals surface area contributed by atoms with E-state index in [1.54, 1.807) is 12.4 Å². The number of hydrogen-bond acceptors (Lipinski definition) is 6. The first kappa shape index (κ1) is 16.3. The van der Waals surface area contributed by atoms with Gasteiger partial charge in [0.1, 0.15) is 0 Å². The summed E-state index contributed by atoms with van der Waals surface area (Å²) in [7, 11) is 0. The lowest BCUT2D eigenvalue weighted by molar-refractivity contribution is 0.0949. The summed E-state index contributed by atoms with van der Waals surface area (Å²) in [5.41, 5.74) is 3.29. The molecule has 8 nitrogen and oxygen atoms in total. The van der Waals surface area contributed by atoms with E-state index in [2.05, 4.69) is 30.7 Å². The maximum atomic E-state index is 12.3. The number of pyridine rings is 1. The van der Waals surface area contributed by atoms with Gasteiger partial charge in [-0.05, 0) is 31.2 Å². The van der Waals surface area contributed by atoms with E-state index < -0.39 is 0 Å². The second kappa shape index (κ2) is 7.40. The van der Waals surface area contributed by atoms with Crippen LogP contribution < -0.4 is 10.6 Å². The quantitative estimate of drug-likeness (QED) is 0.733. The second-order valence-electron chi connectivity index (χ2n) is 6.09. The van der Waals surface area contributed by atoms with Crippen LogP contribution in [0, 0.1) is 0 Å². The molecule has 1 amide bonds. The van der Waals surface area contributed by atoms with Crippen molar-refractivity contribution in [1.29, 1.82) is 0 Å². The van der Waals surface area contributed by atoms with Crippen molar-refractivity contribution in [2.24, 2.45) is 0 Å². The lowest BCUT2D eigenvalue weighted by Gasteiger charge is -2.04. The predicted molar refractivity (Wildman–Crippen MR) is 95.0 cm³/mol. The smallest absolute Gasteiger partial charge is 0.254 e. The van der Waals surface area contributed by atoms with E-state index in [9.17, 15) is 4.79 Å². The molecule has 0 radical (unpaired) electrons. The van der Waals surface area contributed by atoms with E-state index in [-0.39, 0.29) is 5.91 Å². The summed E-state index contributed by atoms with van der Waals surface area (Å²) < 4.78 is 2.01. The molecule has 0 aliphatic carbocycles. The Morgan fingerprint density at radius 3 is 2.85 bits per heavy atom. The second-order valence-corrected chi connectivity index (χ2v) is 6.09. The normalized spacial score (nSPS) is 13.7. The maximum Gasteiger partial charge on any atom is 0.254 e. The standard InChI is InChI=1S/C18H19N7O/c26-18(14-9-21-17(22-10-14)13-2-5-19-6-3-13)23-11-15-8-16-12-20-4-1-7-25(16)24-15/h2-3,5-6,8-10,20H,1,4,7,11-12H2,(H,23,26). The number of nitrogens with zero attached hydrogens (tertiary/aromatic N) is 5. The third kappa shape index (κ3) is 3.60. The van der Waals surface area contributed by atoms with Crippen LogP contribution in [0.15, 0.2) is 43.0 Å². The fraction of sp³-hybridized carbons (Fsp3) is 0.278. The molecule has 0 spiro atoms. The minimum Gasteiger partial charge on any atom is -0.346 e. The van der Waals surface area contributed by atoms with Crippen LogP contribution in [-0.4, -0.2) is 37.2 Å². The highest BCUT2D eigenvalue weighted by Crippen LogP contribution is 2.12. The SMILES string of the molecule is O=C(NCc1cc2n(n1)CCCNC2)c1cnc(-c2ccncc2)nc1. The van der Waals surface area contributed by atoms with Gasteiger partial charge in [0.2, 0.25) is 0 Å². The number of carbonyl (C=O) groups is 1. The lowest BCUT2D eigenvalue weighted by atomic mass is 10.2. The van der Waals surface area contributed by atoms with Crippen molar-refractivity contribution in [3.05, 3.63) is 59.9 Å². The minimum absolute atomic E-state index is 0.215. The summed E-state index contributed by atoms with van der Waals surface area (Å²) in [5.74, 6) is 0.349. The number of carbonyl (C=O) groups excluding carboxylic acids is 1. The molecular weight excluding hydrogens is 330 g/mol. The summed E-state index contributed by atoms with van der Waals surface area (Å²) in [6.07, 6.45) is 7.49. The number of nitrogens with one attached hydrogen (secondary N) is 2. The van der Waals surface area contributed by atoms with Crippen LogP contribution in [0.1, 0.15) is 28.2 Å². The number of hydrogen-bond donors (Lipinski definition) is 2. The molecule has 2 N–H and O–H groups in total. The van der Waals surface area contributed by atoms with Crippen molar-refractivity contribution >= 4 is 5.91 Å². The first-order chi connectivity index (χ1) is 12.8. The molecule has 3 aromatic heterocycles. The van der Waals surface area contributed by atoms with Crippen LogP contribution in [0.5, 0.6) is 0 Å². The van der Waals surface area contributed by atoms with Gasteiger partial charge in [0, 0.05) is 43.4 Å². The van der Waals surface area contributed by atoms with Gasteiger partial charge in [0.15, 0.2) is 5.82 Å². The number of aryl methyl sites for hydroxylation is 1. The largest absolute Gasteiger partial charge is 0.346 e. The van der Waals surface area contributed by atoms with E-state index in [0.29, 0.717) is 17.9 Å². The predicted octanol–water partition coefficient (Wildman–Crippen LogP) is 1.16. The van der Waals surface area contributed by atoms with E-state index in [1.165, 1.54) is 12.4 Å². The molecule has 3 aromatic rings. The third-order valence-electron chi connectivity index (χ3n) is 4.23. The summed E-state index contributed by atoms with van der Waals surface area (Å²) in [4.78, 5) is 24.8. The number of rotatable bonds is 4. The topological polar surface area (TPSA) is 97.6 Å². The summed E-state index contributed by atoms with van der Waals surface area (Å²) in [5, 5.41) is 10.8. The van der Waals surface area contributed by atoms with Crippen LogP contribution >= 0.6 is 0 Å². The first-order valence-corrected chi connectivity index (χ1v) is 8.56. The van der Waals surface area contributed by atoms with Gasteiger partial charge in [0.05, 0.1) is 23.5 Å². The van der Waals surface area contributed by atoms with Gasteiger partial charge in [-0.25, -0.2) is 9.97 Å². The zero-order valence-corrected chi connectivity index (χ0v) is 14.2. The van der Waals surface area contributed by atoms with Gasteiger partial charge in [-0.3, -0.25) is 14.5 Å². The molecule has 0 unspecified atom stereocenters. The van der Waals surface area contributed by atoms with Gasteiger partial charge in [0.25, 0.3) is 5.91 Å². The molecule has 0 fully saturated rings. The monoisotopic (exact) mass is 349 g/mol. The summed E-state index contributed by atoms with van der Waals surface area (Å²) in [6.45, 7) is 3.10. The van der Waals surface area contributed by atoms with Crippen molar-refractivity contribution in [1.82, 2.24) is 35.4 Å². The third-order valence-corrected chi connectivity index (χ3v) is 4.23. The Hall–Kier alpha value is -3.13. The van der Waals surface area contributed by atoms with Gasteiger partial charge < -0.3 is 10.6 Å². The molecule has 132 valence electrons. The van der Waals surface area contributed by atoms with Crippen molar-refractivity contribution in [3.8, 4) is 11.4 Å². The average Bonchev–Trinajstić information content (AvgIpc) is 2.96. The summed E-state index contributed by atoms with van der Waals surface area (Å²) in [6, 6.07) is 5.68. The van der Waals surface area contributed by atoms with Gasteiger partial charge in [-0.1, -0.05) is 0 Å². The maximum absolute atomic E-state index is 12.3. The number of fused-ring (bicyclic) bond motifs is 1. The molecule has 0 atom stereocenters. The van der Waals surface area contributed by atoms with E-state index in [4.69, 9.17) is 0 Å². The van der Waals surface area contributed by atoms with Gasteiger partial charge >= 0.3 is 0 Å². The Kier molecular flexibility index (Phi) is 4.65. The fourth-order valence-corrected chi connectivity index (χ4v) is 2.88. The number of amides is 1. The molecule has 4 heterocycles. The van der Waals surface area contributed by atoms with Crippen LogP contribution in [-0.2, 0) is 19.6 Å². The average molecular weight is 349 g/mol. The molecule has 0 aromatic carbocycles. The minimum atomic E-state index is -0.215. The van der Waals surface area contributed by atoms with E-state index in [0.717, 1.165) is 43.0 Å². The van der Waals surface area contributed by atoms with Crippen LogP contribution in [0.4, 0.5) is 0 Å². The van der Waals surface area contributed by atoms with Crippen LogP contribution in [0.3, 0.4) is 0 Å². The molecule has 1 aliphatic heterocycles. The molecule has 26 heavy (non-hydrogen) atoms. The fourth-order valence-electron chi connectivity index (χ4n) is 2.88. The van der Waals surface area contributed by atoms with Gasteiger partial charge in [-0.2, -0.15) is 5.10 Å². The van der Waals surface area contributed by atoms with E-state index >= 15 is 0 Å². The zero-order chi connectivity index (χ0) is 17.8. The molecule has 1 aliphatic rings. The van der Waals surface area contributed by atoms with Gasteiger partial charge in [-0.15, -0.1) is 0 Å². The summed E-state index contributed by atoms with van der Waals surface area (Å²) >= 11 is 0. The highest BCUT2D eigenvalue weighted by atomic mass is 16.1. The highest BCUT2D eigenvalue weighted by molar-refractivity contribution is 5.93. The van der Waals surface area contributed by atoms with Crippen molar-refractivity contribution in [2.75, 3.05) is 6.54 Å². The van der Waals surface area contributed by atoms with Crippen molar-refractivity contribution < 1.29 is 4.79 Å². The molecule has 0 saturated carbocycles. The Balaban J connectivity index is 1.39. The van der Waals surface area contributed by atoms with Crippen LogP contribution in [0.2, 0.25) is 0 Å². The Morgan fingerprint density at radius 1 is 1.23 bits per heavy atom. The molecule has 0 bridgehead atoms. The molecule has 0 saturated heterocycles. The lowest BCUT2D eigenvalue weighted by Crippen LogP contribution is -2.23. The zero-order valence-electron chi connectivity index (χ0n) is 14.2. The van der Waals surface area contributed by atoms with E-state index in [1.807, 2.05) is 22.9 Å². The number of aromatic nitrogens is 5. The van der Waals surface area contributed by atoms with Crippen molar-refractivity contribution in [3.63, 3.8) is 0 Å². The highest BCUT2D eigenvalue weighted by Gasteiger charge is 2.12.